The molecule has 0 saturated carbocycles. The van der Waals surface area contributed by atoms with Crippen LogP contribution < -0.4 is 5.56 Å². The van der Waals surface area contributed by atoms with Crippen LogP contribution in [0.1, 0.15) is 47.3 Å². The molecule has 1 aromatic rings. The summed E-state index contributed by atoms with van der Waals surface area (Å²) in [4.78, 5) is 34.7. The van der Waals surface area contributed by atoms with Gasteiger partial charge in [-0.2, -0.15) is 0 Å². The van der Waals surface area contributed by atoms with Crippen molar-refractivity contribution in [1.29, 1.82) is 0 Å². The molecule has 28 heavy (non-hydrogen) atoms. The fourth-order valence-electron chi connectivity index (χ4n) is 4.80. The summed E-state index contributed by atoms with van der Waals surface area (Å²) in [6.07, 6.45) is 4.88. The third kappa shape index (κ3) is 4.16. The summed E-state index contributed by atoms with van der Waals surface area (Å²) in [6, 6.07) is 1.80. The standard InChI is InChI=1S/C21H32N4O3/c1-23-10-12-24(13-11-23)15-21(28)6-3-8-25(9-7-21)20(27)17-14-16-4-2-5-18(16)22-19(17)26/h14,28H,2-13,15H2,1H3,(H,22,26)/t21-/m0/s1. The lowest BCUT2D eigenvalue weighted by atomic mass is 9.94. The van der Waals surface area contributed by atoms with Crippen LogP contribution in [0.3, 0.4) is 0 Å². The Morgan fingerprint density at radius 1 is 1.11 bits per heavy atom. The first-order valence-electron chi connectivity index (χ1n) is 10.6. The zero-order valence-corrected chi connectivity index (χ0v) is 16.9. The molecule has 2 N–H and O–H groups in total. The number of fused-ring (bicyclic) bond motifs is 1. The fraction of sp³-hybridized carbons (Fsp3) is 0.714. The van der Waals surface area contributed by atoms with Crippen molar-refractivity contribution in [3.63, 3.8) is 0 Å². The number of H-pyrrole nitrogens is 1. The second-order valence-corrected chi connectivity index (χ2v) is 8.82. The van der Waals surface area contributed by atoms with Gasteiger partial charge in [0.05, 0.1) is 5.60 Å². The van der Waals surface area contributed by atoms with E-state index in [4.69, 9.17) is 0 Å². The van der Waals surface area contributed by atoms with Gasteiger partial charge in [0.15, 0.2) is 0 Å². The Bertz CT molecular complexity index is 784. The van der Waals surface area contributed by atoms with E-state index in [9.17, 15) is 14.7 Å². The largest absolute Gasteiger partial charge is 0.388 e. The van der Waals surface area contributed by atoms with Crippen molar-refractivity contribution in [1.82, 2.24) is 19.7 Å². The Hall–Kier alpha value is -1.70. The molecule has 2 saturated heterocycles. The summed E-state index contributed by atoms with van der Waals surface area (Å²) in [6.45, 7) is 5.78. The van der Waals surface area contributed by atoms with E-state index in [1.807, 2.05) is 0 Å². The van der Waals surface area contributed by atoms with Crippen LogP contribution in [0.2, 0.25) is 0 Å². The number of carbonyl (C=O) groups excluding carboxylic acids is 1. The maximum absolute atomic E-state index is 13.0. The SMILES string of the molecule is CN1CCN(C[C@]2(O)CCCN(C(=O)c3cc4c([nH]c3=O)CCC4)CC2)CC1. The van der Waals surface area contributed by atoms with Gasteiger partial charge in [0.25, 0.3) is 11.5 Å². The second-order valence-electron chi connectivity index (χ2n) is 8.82. The smallest absolute Gasteiger partial charge is 0.261 e. The number of aromatic nitrogens is 1. The van der Waals surface area contributed by atoms with E-state index in [2.05, 4.69) is 21.8 Å². The van der Waals surface area contributed by atoms with E-state index < -0.39 is 5.60 Å². The zero-order chi connectivity index (χ0) is 19.7. The number of piperazine rings is 1. The quantitative estimate of drug-likeness (QED) is 0.787. The minimum Gasteiger partial charge on any atom is -0.388 e. The third-order valence-electron chi connectivity index (χ3n) is 6.64. The average molecular weight is 389 g/mol. The summed E-state index contributed by atoms with van der Waals surface area (Å²) < 4.78 is 0. The summed E-state index contributed by atoms with van der Waals surface area (Å²) in [5.41, 5.74) is 1.31. The number of aromatic amines is 1. The van der Waals surface area contributed by atoms with Crippen molar-refractivity contribution < 1.29 is 9.90 Å². The first-order valence-corrected chi connectivity index (χ1v) is 10.6. The van der Waals surface area contributed by atoms with Gasteiger partial charge in [0.1, 0.15) is 5.56 Å². The Labute approximate surface area is 166 Å². The summed E-state index contributed by atoms with van der Waals surface area (Å²) in [5, 5.41) is 11.2. The Morgan fingerprint density at radius 2 is 1.89 bits per heavy atom. The number of nitrogens with zero attached hydrogens (tertiary/aromatic N) is 3. The monoisotopic (exact) mass is 388 g/mol. The molecule has 3 aliphatic rings. The lowest BCUT2D eigenvalue weighted by Gasteiger charge is -2.38. The summed E-state index contributed by atoms with van der Waals surface area (Å²) in [5.74, 6) is -0.195. The maximum Gasteiger partial charge on any atom is 0.261 e. The molecule has 154 valence electrons. The predicted octanol–water partition coefficient (Wildman–Crippen LogP) is 0.468. The molecule has 0 bridgehead atoms. The number of rotatable bonds is 3. The maximum atomic E-state index is 13.0. The Kier molecular flexibility index (Phi) is 5.58. The van der Waals surface area contributed by atoms with E-state index in [-0.39, 0.29) is 17.0 Å². The van der Waals surface area contributed by atoms with Crippen molar-refractivity contribution in [3.05, 3.63) is 33.2 Å². The zero-order valence-electron chi connectivity index (χ0n) is 16.9. The van der Waals surface area contributed by atoms with Crippen LogP contribution in [-0.2, 0) is 12.8 Å². The van der Waals surface area contributed by atoms with Crippen LogP contribution in [0.15, 0.2) is 10.9 Å². The fourth-order valence-corrected chi connectivity index (χ4v) is 4.80. The molecule has 0 unspecified atom stereocenters. The minimum atomic E-state index is -0.755. The Balaban J connectivity index is 1.41. The first-order chi connectivity index (χ1) is 13.4. The van der Waals surface area contributed by atoms with Gasteiger partial charge in [-0.25, -0.2) is 0 Å². The molecule has 2 fully saturated rings. The average Bonchev–Trinajstić information content (AvgIpc) is 3.03. The summed E-state index contributed by atoms with van der Waals surface area (Å²) in [7, 11) is 2.13. The van der Waals surface area contributed by atoms with Gasteiger partial charge in [-0.3, -0.25) is 14.5 Å². The number of amides is 1. The number of β-amino-alcohol motifs (C(OH)–C–C–N with tert-alkyl or cyclic N) is 1. The number of carbonyl (C=O) groups is 1. The molecule has 0 radical (unpaired) electrons. The number of pyridine rings is 1. The molecule has 2 aliphatic heterocycles. The van der Waals surface area contributed by atoms with Crippen molar-refractivity contribution in [2.75, 3.05) is 52.9 Å². The van der Waals surface area contributed by atoms with E-state index in [0.29, 0.717) is 32.5 Å². The van der Waals surface area contributed by atoms with Gasteiger partial charge in [0, 0.05) is 51.5 Å². The third-order valence-corrected chi connectivity index (χ3v) is 6.64. The predicted molar refractivity (Wildman–Crippen MR) is 108 cm³/mol. The van der Waals surface area contributed by atoms with E-state index in [1.165, 1.54) is 0 Å². The number of hydrogen-bond donors (Lipinski definition) is 2. The lowest BCUT2D eigenvalue weighted by molar-refractivity contribution is -0.0179. The minimum absolute atomic E-state index is 0.195. The van der Waals surface area contributed by atoms with Crippen molar-refractivity contribution in [2.45, 2.75) is 44.1 Å². The van der Waals surface area contributed by atoms with Gasteiger partial charge < -0.3 is 19.9 Å². The van der Waals surface area contributed by atoms with Crippen LogP contribution in [0.5, 0.6) is 0 Å². The molecule has 1 aromatic heterocycles. The van der Waals surface area contributed by atoms with E-state index in [0.717, 1.165) is 63.1 Å². The molecule has 1 atom stereocenters. The van der Waals surface area contributed by atoms with Crippen LogP contribution >= 0.6 is 0 Å². The molecule has 0 aromatic carbocycles. The number of nitrogens with one attached hydrogen (secondary N) is 1. The van der Waals surface area contributed by atoms with Crippen LogP contribution in [-0.4, -0.2) is 89.2 Å². The van der Waals surface area contributed by atoms with Crippen molar-refractivity contribution >= 4 is 5.91 Å². The van der Waals surface area contributed by atoms with E-state index in [1.54, 1.807) is 11.0 Å². The molecule has 1 amide bonds. The highest BCUT2D eigenvalue weighted by Gasteiger charge is 2.34. The van der Waals surface area contributed by atoms with Crippen LogP contribution in [0, 0.1) is 0 Å². The lowest BCUT2D eigenvalue weighted by Crippen LogP contribution is -2.51. The molecular weight excluding hydrogens is 356 g/mol. The van der Waals surface area contributed by atoms with Gasteiger partial charge in [0.2, 0.25) is 0 Å². The number of aryl methyl sites for hydroxylation is 2. The van der Waals surface area contributed by atoms with Gasteiger partial charge in [-0.1, -0.05) is 0 Å². The van der Waals surface area contributed by atoms with Crippen LogP contribution in [0.25, 0.3) is 0 Å². The molecular formula is C21H32N4O3. The highest BCUT2D eigenvalue weighted by molar-refractivity contribution is 5.94. The molecule has 0 spiro atoms. The van der Waals surface area contributed by atoms with Crippen LogP contribution in [0.4, 0.5) is 0 Å². The van der Waals surface area contributed by atoms with Crippen molar-refractivity contribution in [3.8, 4) is 0 Å². The highest BCUT2D eigenvalue weighted by Crippen LogP contribution is 2.25. The van der Waals surface area contributed by atoms with Crippen molar-refractivity contribution in [2.24, 2.45) is 0 Å². The van der Waals surface area contributed by atoms with Gasteiger partial charge in [-0.15, -0.1) is 0 Å². The Morgan fingerprint density at radius 3 is 2.68 bits per heavy atom. The molecule has 1 aliphatic carbocycles. The first kappa shape index (κ1) is 19.6. The van der Waals surface area contributed by atoms with Gasteiger partial charge >= 0.3 is 0 Å². The topological polar surface area (TPSA) is 79.9 Å². The molecule has 7 heteroatoms. The molecule has 3 heterocycles. The highest BCUT2D eigenvalue weighted by atomic mass is 16.3. The van der Waals surface area contributed by atoms with E-state index >= 15 is 0 Å². The normalized spacial score (nSPS) is 26.9. The second kappa shape index (κ2) is 7.97. The number of likely N-dealkylation sites (N-methyl/N-ethyl adjacent to an activating group) is 1. The number of aliphatic hydroxyl groups is 1. The molecule has 4 rings (SSSR count). The summed E-state index contributed by atoms with van der Waals surface area (Å²) >= 11 is 0. The number of likely N-dealkylation sites (tertiary alicyclic amines) is 1. The van der Waals surface area contributed by atoms with Gasteiger partial charge in [-0.05, 0) is 57.2 Å². The molecule has 7 nitrogen and oxygen atoms in total. The number of hydrogen-bond acceptors (Lipinski definition) is 5.